The van der Waals surface area contributed by atoms with Crippen molar-refractivity contribution < 1.29 is 9.47 Å². The van der Waals surface area contributed by atoms with Crippen LogP contribution in [0.5, 0.6) is 11.5 Å². The first kappa shape index (κ1) is 14.0. The maximum atomic E-state index is 6.05. The number of hydrogen-bond acceptors (Lipinski definition) is 4. The standard InChI is InChI=1S/C17H17N3O2/c1-21-13-8-6-11(7-9-13)15-16(19-20-17(15)18)12-4-3-5-14(10-12)22-2/h3-10H,1-2H3,(H3,18,19,20). The van der Waals surface area contributed by atoms with Gasteiger partial charge in [0.2, 0.25) is 0 Å². The van der Waals surface area contributed by atoms with Gasteiger partial charge in [-0.15, -0.1) is 0 Å². The lowest BCUT2D eigenvalue weighted by Crippen LogP contribution is -1.90. The van der Waals surface area contributed by atoms with Gasteiger partial charge < -0.3 is 15.2 Å². The van der Waals surface area contributed by atoms with E-state index in [1.807, 2.05) is 48.5 Å². The van der Waals surface area contributed by atoms with Crippen LogP contribution in [0.15, 0.2) is 48.5 Å². The molecule has 5 nitrogen and oxygen atoms in total. The monoisotopic (exact) mass is 295 g/mol. The number of nitrogens with zero attached hydrogens (tertiary/aromatic N) is 1. The number of aromatic nitrogens is 2. The van der Waals surface area contributed by atoms with E-state index in [2.05, 4.69) is 10.2 Å². The van der Waals surface area contributed by atoms with Crippen LogP contribution in [0.1, 0.15) is 0 Å². The molecule has 0 amide bonds. The number of nitrogens with one attached hydrogen (secondary N) is 1. The fourth-order valence-corrected chi connectivity index (χ4v) is 2.39. The zero-order valence-electron chi connectivity index (χ0n) is 12.5. The van der Waals surface area contributed by atoms with Gasteiger partial charge >= 0.3 is 0 Å². The Labute approximate surface area is 128 Å². The molecule has 0 aliphatic heterocycles. The lowest BCUT2D eigenvalue weighted by molar-refractivity contribution is 0.415. The largest absolute Gasteiger partial charge is 0.497 e. The number of ether oxygens (including phenoxy) is 2. The molecule has 0 unspecified atom stereocenters. The van der Waals surface area contributed by atoms with Crippen LogP contribution < -0.4 is 15.2 Å². The van der Waals surface area contributed by atoms with Crippen LogP contribution in [-0.4, -0.2) is 24.4 Å². The molecule has 3 aromatic rings. The van der Waals surface area contributed by atoms with Gasteiger partial charge in [-0.3, -0.25) is 5.10 Å². The molecule has 1 heterocycles. The van der Waals surface area contributed by atoms with E-state index in [9.17, 15) is 0 Å². The van der Waals surface area contributed by atoms with Crippen molar-refractivity contribution in [3.63, 3.8) is 0 Å². The third kappa shape index (κ3) is 2.48. The molecule has 112 valence electrons. The molecule has 0 atom stereocenters. The second kappa shape index (κ2) is 5.81. The zero-order chi connectivity index (χ0) is 15.5. The van der Waals surface area contributed by atoms with Crippen LogP contribution in [0.4, 0.5) is 5.82 Å². The number of nitrogens with two attached hydrogens (primary N) is 1. The van der Waals surface area contributed by atoms with E-state index in [0.717, 1.165) is 33.9 Å². The maximum absolute atomic E-state index is 6.05. The Hall–Kier alpha value is -2.95. The van der Waals surface area contributed by atoms with Crippen LogP contribution in [-0.2, 0) is 0 Å². The summed E-state index contributed by atoms with van der Waals surface area (Å²) in [6, 6.07) is 15.5. The van der Waals surface area contributed by atoms with Crippen molar-refractivity contribution in [2.75, 3.05) is 20.0 Å². The molecule has 1 aromatic heterocycles. The predicted molar refractivity (Wildman–Crippen MR) is 87.0 cm³/mol. The molecule has 3 rings (SSSR count). The minimum Gasteiger partial charge on any atom is -0.497 e. The summed E-state index contributed by atoms with van der Waals surface area (Å²) in [6.07, 6.45) is 0. The minimum absolute atomic E-state index is 0.461. The molecule has 0 saturated heterocycles. The average Bonchev–Trinajstić information content (AvgIpc) is 2.96. The van der Waals surface area contributed by atoms with E-state index in [4.69, 9.17) is 15.2 Å². The fourth-order valence-electron chi connectivity index (χ4n) is 2.39. The SMILES string of the molecule is COc1ccc(-c2c(N)n[nH]c2-c2cccc(OC)c2)cc1. The molecule has 0 fully saturated rings. The summed E-state index contributed by atoms with van der Waals surface area (Å²) in [4.78, 5) is 0. The smallest absolute Gasteiger partial charge is 0.153 e. The number of nitrogen functional groups attached to an aromatic ring is 1. The van der Waals surface area contributed by atoms with Crippen LogP contribution in [0, 0.1) is 0 Å². The van der Waals surface area contributed by atoms with Gasteiger partial charge in [-0.1, -0.05) is 24.3 Å². The molecule has 0 bridgehead atoms. The predicted octanol–water partition coefficient (Wildman–Crippen LogP) is 3.34. The number of H-pyrrole nitrogens is 1. The summed E-state index contributed by atoms with van der Waals surface area (Å²) in [5.74, 6) is 2.04. The summed E-state index contributed by atoms with van der Waals surface area (Å²) < 4.78 is 10.5. The van der Waals surface area contributed by atoms with Gasteiger partial charge in [-0.2, -0.15) is 5.10 Å². The lowest BCUT2D eigenvalue weighted by atomic mass is 10.0. The van der Waals surface area contributed by atoms with E-state index < -0.39 is 0 Å². The quantitative estimate of drug-likeness (QED) is 0.774. The second-order valence-electron chi connectivity index (χ2n) is 4.82. The van der Waals surface area contributed by atoms with Gasteiger partial charge in [0.1, 0.15) is 11.5 Å². The Kier molecular flexibility index (Phi) is 3.70. The molecule has 0 aliphatic carbocycles. The Morgan fingerprint density at radius 3 is 2.32 bits per heavy atom. The van der Waals surface area contributed by atoms with Crippen molar-refractivity contribution in [3.05, 3.63) is 48.5 Å². The van der Waals surface area contributed by atoms with Crippen molar-refractivity contribution in [1.82, 2.24) is 10.2 Å². The van der Waals surface area contributed by atoms with Crippen molar-refractivity contribution in [2.24, 2.45) is 0 Å². The summed E-state index contributed by atoms with van der Waals surface area (Å²) >= 11 is 0. The molecular formula is C17H17N3O2. The van der Waals surface area contributed by atoms with Crippen LogP contribution in [0.2, 0.25) is 0 Å². The minimum atomic E-state index is 0.461. The third-order valence-electron chi connectivity index (χ3n) is 3.53. The van der Waals surface area contributed by atoms with Crippen molar-refractivity contribution in [2.45, 2.75) is 0 Å². The highest BCUT2D eigenvalue weighted by molar-refractivity contribution is 5.88. The number of hydrogen-bond donors (Lipinski definition) is 2. The van der Waals surface area contributed by atoms with Crippen molar-refractivity contribution >= 4 is 5.82 Å². The highest BCUT2D eigenvalue weighted by Gasteiger charge is 2.15. The Morgan fingerprint density at radius 2 is 1.64 bits per heavy atom. The van der Waals surface area contributed by atoms with Crippen LogP contribution in [0.25, 0.3) is 22.4 Å². The fraction of sp³-hybridized carbons (Fsp3) is 0.118. The first-order valence-corrected chi connectivity index (χ1v) is 6.85. The summed E-state index contributed by atoms with van der Waals surface area (Å²) in [5.41, 5.74) is 9.72. The molecule has 0 radical (unpaired) electrons. The summed E-state index contributed by atoms with van der Waals surface area (Å²) in [5, 5.41) is 7.16. The first-order chi connectivity index (χ1) is 10.7. The van der Waals surface area contributed by atoms with Gasteiger partial charge in [0, 0.05) is 5.56 Å². The number of rotatable bonds is 4. The van der Waals surface area contributed by atoms with Crippen molar-refractivity contribution in [3.8, 4) is 33.9 Å². The van der Waals surface area contributed by atoms with E-state index in [1.54, 1.807) is 14.2 Å². The van der Waals surface area contributed by atoms with E-state index in [0.29, 0.717) is 5.82 Å². The third-order valence-corrected chi connectivity index (χ3v) is 3.53. The Bertz CT molecular complexity index is 779. The molecule has 5 heteroatoms. The van der Waals surface area contributed by atoms with Gasteiger partial charge in [0.15, 0.2) is 5.82 Å². The van der Waals surface area contributed by atoms with Crippen molar-refractivity contribution in [1.29, 1.82) is 0 Å². The zero-order valence-corrected chi connectivity index (χ0v) is 12.5. The van der Waals surface area contributed by atoms with E-state index >= 15 is 0 Å². The Balaban J connectivity index is 2.10. The number of aromatic amines is 1. The van der Waals surface area contributed by atoms with E-state index in [-0.39, 0.29) is 0 Å². The molecule has 0 spiro atoms. The number of benzene rings is 2. The maximum Gasteiger partial charge on any atom is 0.153 e. The molecule has 0 aliphatic rings. The topological polar surface area (TPSA) is 73.2 Å². The molecule has 0 saturated carbocycles. The highest BCUT2D eigenvalue weighted by Crippen LogP contribution is 2.36. The summed E-state index contributed by atoms with van der Waals surface area (Å²) in [6.45, 7) is 0. The summed E-state index contributed by atoms with van der Waals surface area (Å²) in [7, 11) is 3.29. The second-order valence-corrected chi connectivity index (χ2v) is 4.82. The van der Waals surface area contributed by atoms with Gasteiger partial charge in [-0.25, -0.2) is 0 Å². The van der Waals surface area contributed by atoms with Crippen LogP contribution >= 0.6 is 0 Å². The van der Waals surface area contributed by atoms with E-state index in [1.165, 1.54) is 0 Å². The first-order valence-electron chi connectivity index (χ1n) is 6.85. The molecule has 22 heavy (non-hydrogen) atoms. The number of methoxy groups -OCH3 is 2. The average molecular weight is 295 g/mol. The molecular weight excluding hydrogens is 278 g/mol. The van der Waals surface area contributed by atoms with Gasteiger partial charge in [0.25, 0.3) is 0 Å². The number of anilines is 1. The van der Waals surface area contributed by atoms with Gasteiger partial charge in [-0.05, 0) is 29.8 Å². The molecule has 2 aromatic carbocycles. The highest BCUT2D eigenvalue weighted by atomic mass is 16.5. The molecule has 3 N–H and O–H groups in total. The van der Waals surface area contributed by atoms with Crippen LogP contribution in [0.3, 0.4) is 0 Å². The Morgan fingerprint density at radius 1 is 0.909 bits per heavy atom. The normalized spacial score (nSPS) is 10.5. The lowest BCUT2D eigenvalue weighted by Gasteiger charge is -2.07. The van der Waals surface area contributed by atoms with Gasteiger partial charge in [0.05, 0.1) is 25.5 Å².